The number of carbonyl (C=O) groups is 1. The molecule has 2 heteroatoms. The van der Waals surface area contributed by atoms with Crippen molar-refractivity contribution in [3.63, 3.8) is 0 Å². The van der Waals surface area contributed by atoms with Crippen LogP contribution in [-0.4, -0.2) is 12.9 Å². The zero-order chi connectivity index (χ0) is 17.0. The molecule has 5 rings (SSSR count). The van der Waals surface area contributed by atoms with Crippen molar-refractivity contribution >= 4 is 16.9 Å². The van der Waals surface area contributed by atoms with Crippen LogP contribution in [-0.2, 0) is 4.79 Å². The molecule has 3 aliphatic carbocycles. The molecule has 1 saturated carbocycles. The monoisotopic (exact) mass is 328 g/mol. The van der Waals surface area contributed by atoms with Gasteiger partial charge >= 0.3 is 0 Å². The lowest BCUT2D eigenvalue weighted by molar-refractivity contribution is -0.117. The van der Waals surface area contributed by atoms with Gasteiger partial charge in [-0.25, -0.2) is 0 Å². The van der Waals surface area contributed by atoms with Crippen LogP contribution < -0.4 is 4.74 Å². The molecule has 25 heavy (non-hydrogen) atoms. The zero-order valence-corrected chi connectivity index (χ0v) is 14.2. The van der Waals surface area contributed by atoms with Crippen LogP contribution in [0.25, 0.3) is 11.1 Å². The molecule has 0 saturated heterocycles. The Hall–Kier alpha value is -2.61. The van der Waals surface area contributed by atoms with E-state index in [-0.39, 0.29) is 5.92 Å². The molecule has 0 spiro atoms. The van der Waals surface area contributed by atoms with Crippen molar-refractivity contribution in [1.29, 1.82) is 0 Å². The largest absolute Gasteiger partial charge is 0.497 e. The minimum Gasteiger partial charge on any atom is -0.497 e. The number of hydrogen-bond donors (Lipinski definition) is 0. The van der Waals surface area contributed by atoms with Gasteiger partial charge in [-0.1, -0.05) is 54.6 Å². The molecule has 0 radical (unpaired) electrons. The maximum Gasteiger partial charge on any atom is 0.168 e. The predicted octanol–water partition coefficient (Wildman–Crippen LogP) is 4.63. The molecule has 2 nitrogen and oxygen atoms in total. The number of benzene rings is 2. The highest BCUT2D eigenvalue weighted by molar-refractivity contribution is 6.33. The number of Topliss-reactive ketones (excluding diaryl/α,β-unsaturated/α-hetero) is 1. The van der Waals surface area contributed by atoms with Gasteiger partial charge in [0.05, 0.1) is 7.11 Å². The Morgan fingerprint density at radius 1 is 0.840 bits per heavy atom. The molecule has 0 heterocycles. The molecule has 0 amide bonds. The molecule has 4 atom stereocenters. The average Bonchev–Trinajstić information content (AvgIpc) is 3.35. The van der Waals surface area contributed by atoms with Gasteiger partial charge in [-0.2, -0.15) is 0 Å². The third kappa shape index (κ3) is 2.07. The molecule has 2 aromatic carbocycles. The number of fused-ring (bicyclic) bond motifs is 5. The molecule has 0 aromatic heterocycles. The van der Waals surface area contributed by atoms with Gasteiger partial charge in [-0.05, 0) is 47.1 Å². The first-order valence-electron chi connectivity index (χ1n) is 8.94. The van der Waals surface area contributed by atoms with Crippen LogP contribution in [0.1, 0.15) is 17.5 Å². The first-order chi connectivity index (χ1) is 12.3. The van der Waals surface area contributed by atoms with E-state index in [1.807, 2.05) is 30.3 Å². The summed E-state index contributed by atoms with van der Waals surface area (Å²) < 4.78 is 5.31. The fourth-order valence-corrected chi connectivity index (χ4v) is 5.05. The molecule has 124 valence electrons. The van der Waals surface area contributed by atoms with E-state index < -0.39 is 0 Å². The molecule has 3 aliphatic rings. The summed E-state index contributed by atoms with van der Waals surface area (Å²) in [4.78, 5) is 13.4. The summed E-state index contributed by atoms with van der Waals surface area (Å²) in [5, 5.41) is 0. The van der Waals surface area contributed by atoms with E-state index >= 15 is 0 Å². The Bertz CT molecular complexity index is 889. The highest BCUT2D eigenvalue weighted by atomic mass is 16.5. The summed E-state index contributed by atoms with van der Waals surface area (Å²) in [7, 11) is 1.68. The summed E-state index contributed by atoms with van der Waals surface area (Å²) in [5.74, 6) is 2.54. The number of ketones is 1. The molecule has 0 aliphatic heterocycles. The van der Waals surface area contributed by atoms with E-state index in [4.69, 9.17) is 4.74 Å². The van der Waals surface area contributed by atoms with E-state index in [2.05, 4.69) is 36.4 Å². The fraction of sp³-hybridized carbons (Fsp3) is 0.261. The van der Waals surface area contributed by atoms with Crippen molar-refractivity contribution in [3.8, 4) is 5.75 Å². The summed E-state index contributed by atoms with van der Waals surface area (Å²) in [5.41, 5.74) is 4.37. The maximum absolute atomic E-state index is 13.4. The van der Waals surface area contributed by atoms with Gasteiger partial charge in [-0.3, -0.25) is 4.79 Å². The lowest BCUT2D eigenvalue weighted by atomic mass is 9.80. The first-order valence-corrected chi connectivity index (χ1v) is 8.94. The Morgan fingerprint density at radius 2 is 1.52 bits per heavy atom. The lowest BCUT2D eigenvalue weighted by Crippen LogP contribution is -2.21. The molecular formula is C23H20O2. The smallest absolute Gasteiger partial charge is 0.168 e. The van der Waals surface area contributed by atoms with E-state index in [1.165, 1.54) is 5.57 Å². The summed E-state index contributed by atoms with van der Waals surface area (Å²) in [6.45, 7) is 0. The van der Waals surface area contributed by atoms with Crippen LogP contribution in [0.15, 0.2) is 66.7 Å². The van der Waals surface area contributed by atoms with E-state index in [0.29, 0.717) is 23.5 Å². The summed E-state index contributed by atoms with van der Waals surface area (Å²) in [6, 6.07) is 18.3. The maximum atomic E-state index is 13.4. The van der Waals surface area contributed by atoms with Crippen LogP contribution in [0.5, 0.6) is 5.75 Å². The minimum absolute atomic E-state index is 0.127. The summed E-state index contributed by atoms with van der Waals surface area (Å²) >= 11 is 0. The second kappa shape index (κ2) is 5.45. The zero-order valence-electron chi connectivity index (χ0n) is 14.2. The van der Waals surface area contributed by atoms with Crippen LogP contribution >= 0.6 is 0 Å². The third-order valence-electron chi connectivity index (χ3n) is 6.07. The number of ether oxygens (including phenoxy) is 1. The van der Waals surface area contributed by atoms with Gasteiger partial charge in [0.1, 0.15) is 5.75 Å². The third-order valence-corrected chi connectivity index (χ3v) is 6.07. The van der Waals surface area contributed by atoms with Gasteiger partial charge in [0.25, 0.3) is 0 Å². The molecule has 0 unspecified atom stereocenters. The second-order valence-corrected chi connectivity index (χ2v) is 7.25. The van der Waals surface area contributed by atoms with Crippen molar-refractivity contribution < 1.29 is 9.53 Å². The van der Waals surface area contributed by atoms with Crippen molar-refractivity contribution in [2.45, 2.75) is 6.42 Å². The standard InChI is InChI=1S/C23H20O2/c1-25-18-11-9-15(10-12-18)19-20-16-7-8-17(13-16)22(20)23(24)21(19)14-5-3-2-4-6-14/h2-12,16-17,20,22H,13H2,1H3/t16-,17+,20-,22-/m1/s1. The van der Waals surface area contributed by atoms with E-state index in [1.54, 1.807) is 7.11 Å². The lowest BCUT2D eigenvalue weighted by Gasteiger charge is -2.22. The molecule has 0 N–H and O–H groups in total. The Morgan fingerprint density at radius 3 is 2.20 bits per heavy atom. The van der Waals surface area contributed by atoms with Crippen LogP contribution in [0.2, 0.25) is 0 Å². The molecule has 1 fully saturated rings. The number of hydrogen-bond acceptors (Lipinski definition) is 2. The number of rotatable bonds is 3. The molecular weight excluding hydrogens is 308 g/mol. The predicted molar refractivity (Wildman–Crippen MR) is 99.0 cm³/mol. The van der Waals surface area contributed by atoms with Crippen LogP contribution in [0.4, 0.5) is 0 Å². The Balaban J connectivity index is 1.71. The highest BCUT2D eigenvalue weighted by Gasteiger charge is 2.55. The van der Waals surface area contributed by atoms with Gasteiger partial charge in [0, 0.05) is 17.4 Å². The van der Waals surface area contributed by atoms with Crippen LogP contribution in [0, 0.1) is 23.7 Å². The Kier molecular flexibility index (Phi) is 3.21. The van der Waals surface area contributed by atoms with Gasteiger partial charge < -0.3 is 4.74 Å². The van der Waals surface area contributed by atoms with Gasteiger partial charge in [0.2, 0.25) is 0 Å². The number of methoxy groups -OCH3 is 1. The minimum atomic E-state index is 0.127. The van der Waals surface area contributed by atoms with Gasteiger partial charge in [0.15, 0.2) is 5.78 Å². The topological polar surface area (TPSA) is 26.3 Å². The number of carbonyl (C=O) groups excluding carboxylic acids is 1. The van der Waals surface area contributed by atoms with Crippen molar-refractivity contribution in [1.82, 2.24) is 0 Å². The van der Waals surface area contributed by atoms with Crippen molar-refractivity contribution in [2.24, 2.45) is 23.7 Å². The number of allylic oxidation sites excluding steroid dienone is 4. The molecule has 2 bridgehead atoms. The Labute approximate surface area is 147 Å². The van der Waals surface area contributed by atoms with Crippen molar-refractivity contribution in [3.05, 3.63) is 77.9 Å². The highest BCUT2D eigenvalue weighted by Crippen LogP contribution is 2.60. The van der Waals surface area contributed by atoms with Crippen LogP contribution in [0.3, 0.4) is 0 Å². The SMILES string of the molecule is COc1ccc(C2=C(c3ccccc3)C(=O)[C@H]3[C@@H]2[C@@H]2C=C[C@H]3C2)cc1. The van der Waals surface area contributed by atoms with Gasteiger partial charge in [-0.15, -0.1) is 0 Å². The normalized spacial score (nSPS) is 29.4. The van der Waals surface area contributed by atoms with Crippen molar-refractivity contribution in [2.75, 3.05) is 7.11 Å². The summed E-state index contributed by atoms with van der Waals surface area (Å²) in [6.07, 6.45) is 5.72. The molecule has 2 aromatic rings. The fourth-order valence-electron chi connectivity index (χ4n) is 5.05. The quantitative estimate of drug-likeness (QED) is 0.768. The first kappa shape index (κ1) is 14.7. The van der Waals surface area contributed by atoms with E-state index in [9.17, 15) is 4.79 Å². The van der Waals surface area contributed by atoms with E-state index in [0.717, 1.165) is 28.9 Å². The second-order valence-electron chi connectivity index (χ2n) is 7.25. The average molecular weight is 328 g/mol.